The Balaban J connectivity index is 0.000000149. The monoisotopic (exact) mass is 245 g/mol. The van der Waals surface area contributed by atoms with Gasteiger partial charge in [-0.25, -0.2) is 0 Å². The van der Waals surface area contributed by atoms with Crippen molar-refractivity contribution in [2.24, 2.45) is 5.73 Å². The Kier molecular flexibility index (Phi) is 4.42. The van der Waals surface area contributed by atoms with E-state index in [1.807, 2.05) is 0 Å². The van der Waals surface area contributed by atoms with Gasteiger partial charge < -0.3 is 15.6 Å². The molecule has 0 bridgehead atoms. The second-order valence-electron chi connectivity index (χ2n) is 4.54. The van der Waals surface area contributed by atoms with E-state index in [1.165, 1.54) is 23.5 Å². The maximum Gasteiger partial charge on any atom is 0.118 e. The van der Waals surface area contributed by atoms with Gasteiger partial charge in [-0.2, -0.15) is 0 Å². The molecule has 3 heteroatoms. The van der Waals surface area contributed by atoms with Gasteiger partial charge in [0.15, 0.2) is 0 Å². The number of benzene rings is 1. The molecule has 0 amide bonds. The lowest BCUT2D eigenvalue weighted by Gasteiger charge is -2.20. The normalized spacial score (nSPS) is 20.9. The summed E-state index contributed by atoms with van der Waals surface area (Å²) in [6.45, 7) is 0.488. The number of ether oxygens (including phenoxy) is 1. The summed E-state index contributed by atoms with van der Waals surface area (Å²) in [5.74, 6) is 0.284. The van der Waals surface area contributed by atoms with E-state index in [2.05, 4.69) is 24.3 Å². The molecule has 0 spiro atoms. The Morgan fingerprint density at radius 2 is 2.00 bits per heavy atom. The van der Waals surface area contributed by atoms with Crippen molar-refractivity contribution >= 4 is 0 Å². The maximum absolute atomic E-state index is 8.60. The van der Waals surface area contributed by atoms with Crippen LogP contribution in [0.3, 0.4) is 0 Å². The predicted octanol–water partition coefficient (Wildman–Crippen LogP) is 2.47. The minimum absolute atomic E-state index is 0.284. The van der Waals surface area contributed by atoms with Crippen LogP contribution in [0.4, 0.5) is 0 Å². The van der Waals surface area contributed by atoms with Crippen molar-refractivity contribution in [1.82, 2.24) is 0 Å². The standard InChI is InChI=1S/C10H13N.C5H6O2/c11-10-6-5-8-3-1-2-4-9(8)7-10;6-5-1-3-7-4-2-5/h1-4,10H,5-7,11H2;1-3,6H,4H2. The van der Waals surface area contributed by atoms with E-state index in [0.717, 1.165) is 19.3 Å². The van der Waals surface area contributed by atoms with Gasteiger partial charge in [0.05, 0.1) is 6.26 Å². The lowest BCUT2D eigenvalue weighted by molar-refractivity contribution is 0.271. The molecule has 3 N–H and O–H groups in total. The summed E-state index contributed by atoms with van der Waals surface area (Å²) in [4.78, 5) is 0. The number of aliphatic hydroxyl groups excluding tert-OH is 1. The molecule has 1 aromatic carbocycles. The van der Waals surface area contributed by atoms with Gasteiger partial charge in [-0.15, -0.1) is 0 Å². The first-order valence-electron chi connectivity index (χ1n) is 6.25. The Bertz CT molecular complexity index is 452. The number of aliphatic hydroxyl groups is 1. The lowest BCUT2D eigenvalue weighted by Crippen LogP contribution is -2.27. The topological polar surface area (TPSA) is 55.5 Å². The van der Waals surface area contributed by atoms with Gasteiger partial charge in [-0.3, -0.25) is 0 Å². The summed E-state index contributed by atoms with van der Waals surface area (Å²) in [7, 11) is 0. The number of aryl methyl sites for hydroxylation is 1. The molecule has 1 unspecified atom stereocenters. The molecule has 2 aliphatic rings. The van der Waals surface area contributed by atoms with Crippen LogP contribution in [-0.4, -0.2) is 17.8 Å². The van der Waals surface area contributed by atoms with Crippen LogP contribution in [0.5, 0.6) is 0 Å². The fraction of sp³-hybridized carbons (Fsp3) is 0.333. The molecule has 0 aromatic heterocycles. The molecule has 1 atom stereocenters. The van der Waals surface area contributed by atoms with E-state index in [4.69, 9.17) is 15.6 Å². The van der Waals surface area contributed by atoms with Crippen molar-refractivity contribution < 1.29 is 9.84 Å². The smallest absolute Gasteiger partial charge is 0.118 e. The van der Waals surface area contributed by atoms with Crippen LogP contribution in [-0.2, 0) is 17.6 Å². The number of allylic oxidation sites excluding steroid dienone is 1. The van der Waals surface area contributed by atoms with E-state index in [9.17, 15) is 0 Å². The van der Waals surface area contributed by atoms with Crippen molar-refractivity contribution in [2.45, 2.75) is 25.3 Å². The van der Waals surface area contributed by atoms with Gasteiger partial charge in [0.1, 0.15) is 12.4 Å². The molecule has 1 aromatic rings. The Hall–Kier alpha value is -1.74. The van der Waals surface area contributed by atoms with Crippen molar-refractivity contribution in [1.29, 1.82) is 0 Å². The summed E-state index contributed by atoms with van der Waals surface area (Å²) in [6.07, 6.45) is 7.95. The minimum Gasteiger partial charge on any atom is -0.508 e. The number of hydrogen-bond acceptors (Lipinski definition) is 3. The molecule has 0 saturated carbocycles. The molecule has 1 aliphatic carbocycles. The maximum atomic E-state index is 8.60. The SMILES string of the molecule is NC1CCc2ccccc2C1.OC1=CCOC=C1. The molecular weight excluding hydrogens is 226 g/mol. The van der Waals surface area contributed by atoms with Crippen molar-refractivity contribution in [3.05, 3.63) is 59.6 Å². The Labute approximate surface area is 108 Å². The average molecular weight is 245 g/mol. The molecular formula is C15H19NO2. The first kappa shape index (κ1) is 12.7. The van der Waals surface area contributed by atoms with Gasteiger partial charge in [0, 0.05) is 12.1 Å². The van der Waals surface area contributed by atoms with Gasteiger partial charge in [0.25, 0.3) is 0 Å². The quantitative estimate of drug-likeness (QED) is 0.738. The highest BCUT2D eigenvalue weighted by Crippen LogP contribution is 2.19. The van der Waals surface area contributed by atoms with E-state index >= 15 is 0 Å². The zero-order valence-corrected chi connectivity index (χ0v) is 10.4. The number of hydrogen-bond donors (Lipinski definition) is 2. The van der Waals surface area contributed by atoms with Crippen LogP contribution < -0.4 is 5.73 Å². The fourth-order valence-electron chi connectivity index (χ4n) is 2.10. The third kappa shape index (κ3) is 3.64. The predicted molar refractivity (Wildman–Crippen MR) is 72.2 cm³/mol. The third-order valence-electron chi connectivity index (χ3n) is 3.11. The number of rotatable bonds is 0. The highest BCUT2D eigenvalue weighted by atomic mass is 16.5. The van der Waals surface area contributed by atoms with E-state index in [0.29, 0.717) is 12.6 Å². The summed E-state index contributed by atoms with van der Waals surface area (Å²) in [5.41, 5.74) is 8.79. The van der Waals surface area contributed by atoms with Crippen LogP contribution >= 0.6 is 0 Å². The van der Waals surface area contributed by atoms with Crippen LogP contribution in [0.15, 0.2) is 48.4 Å². The molecule has 18 heavy (non-hydrogen) atoms. The largest absolute Gasteiger partial charge is 0.508 e. The molecule has 1 aliphatic heterocycles. The van der Waals surface area contributed by atoms with E-state index in [-0.39, 0.29) is 5.76 Å². The highest BCUT2D eigenvalue weighted by Gasteiger charge is 2.13. The van der Waals surface area contributed by atoms with Gasteiger partial charge in [-0.05, 0) is 36.5 Å². The lowest BCUT2D eigenvalue weighted by atomic mass is 9.89. The van der Waals surface area contributed by atoms with Gasteiger partial charge in [0.2, 0.25) is 0 Å². The third-order valence-corrected chi connectivity index (χ3v) is 3.11. The zero-order chi connectivity index (χ0) is 12.8. The minimum atomic E-state index is 0.284. The van der Waals surface area contributed by atoms with E-state index in [1.54, 1.807) is 6.08 Å². The van der Waals surface area contributed by atoms with E-state index < -0.39 is 0 Å². The first-order chi connectivity index (χ1) is 8.75. The van der Waals surface area contributed by atoms with Crippen LogP contribution in [0.1, 0.15) is 17.5 Å². The van der Waals surface area contributed by atoms with Crippen molar-refractivity contribution in [2.75, 3.05) is 6.61 Å². The molecule has 0 fully saturated rings. The Morgan fingerprint density at radius 1 is 1.22 bits per heavy atom. The summed E-state index contributed by atoms with van der Waals surface area (Å²) >= 11 is 0. The van der Waals surface area contributed by atoms with Crippen molar-refractivity contribution in [3.63, 3.8) is 0 Å². The van der Waals surface area contributed by atoms with Crippen LogP contribution in [0.25, 0.3) is 0 Å². The zero-order valence-electron chi connectivity index (χ0n) is 10.4. The van der Waals surface area contributed by atoms with Crippen LogP contribution in [0.2, 0.25) is 0 Å². The highest BCUT2D eigenvalue weighted by molar-refractivity contribution is 5.30. The first-order valence-corrected chi connectivity index (χ1v) is 6.25. The molecule has 96 valence electrons. The summed E-state index contributed by atoms with van der Waals surface area (Å²) in [6, 6.07) is 8.99. The second-order valence-corrected chi connectivity index (χ2v) is 4.54. The van der Waals surface area contributed by atoms with Crippen LogP contribution in [0, 0.1) is 0 Å². The molecule has 3 rings (SSSR count). The van der Waals surface area contributed by atoms with Gasteiger partial charge in [-0.1, -0.05) is 24.3 Å². The summed E-state index contributed by atoms with van der Waals surface area (Å²) < 4.78 is 4.72. The van der Waals surface area contributed by atoms with Gasteiger partial charge >= 0.3 is 0 Å². The summed E-state index contributed by atoms with van der Waals surface area (Å²) in [5, 5.41) is 8.60. The molecule has 3 nitrogen and oxygen atoms in total. The molecule has 0 radical (unpaired) electrons. The second kappa shape index (κ2) is 6.26. The number of fused-ring (bicyclic) bond motifs is 1. The molecule has 0 saturated heterocycles. The number of nitrogens with two attached hydrogens (primary N) is 1. The molecule has 1 heterocycles. The average Bonchev–Trinajstić information content (AvgIpc) is 2.40. The fourth-order valence-corrected chi connectivity index (χ4v) is 2.10. The van der Waals surface area contributed by atoms with Crippen molar-refractivity contribution in [3.8, 4) is 0 Å². The Morgan fingerprint density at radius 3 is 2.61 bits per heavy atom.